The van der Waals surface area contributed by atoms with Crippen LogP contribution in [0.3, 0.4) is 0 Å². The molecule has 1 aromatic carbocycles. The van der Waals surface area contributed by atoms with Crippen LogP contribution in [-0.2, 0) is 0 Å². The maximum atomic E-state index is 12.1. The number of carboxylic acids is 1. The number of pyridine rings is 1. The fourth-order valence-corrected chi connectivity index (χ4v) is 2.18. The molecule has 21 heavy (non-hydrogen) atoms. The molecule has 0 radical (unpaired) electrons. The van der Waals surface area contributed by atoms with Gasteiger partial charge >= 0.3 is 5.97 Å². The zero-order valence-electron chi connectivity index (χ0n) is 10.2. The van der Waals surface area contributed by atoms with Crippen molar-refractivity contribution in [2.24, 2.45) is 0 Å². The molecule has 0 aliphatic carbocycles. The molecule has 1 amide bonds. The monoisotopic (exact) mass is 344 g/mol. The molecular formula is C13H7Cl3N2O3. The first-order valence-electron chi connectivity index (χ1n) is 5.54. The molecule has 8 heteroatoms. The number of carboxylic acid groups (broad SMARTS) is 1. The third-order valence-corrected chi connectivity index (χ3v) is 3.25. The molecule has 108 valence electrons. The minimum atomic E-state index is -1.21. The van der Waals surface area contributed by atoms with Gasteiger partial charge in [0.2, 0.25) is 0 Å². The van der Waals surface area contributed by atoms with Gasteiger partial charge in [0.15, 0.2) is 0 Å². The lowest BCUT2D eigenvalue weighted by molar-refractivity contribution is 0.0698. The first-order valence-corrected chi connectivity index (χ1v) is 6.68. The van der Waals surface area contributed by atoms with Gasteiger partial charge in [-0.2, -0.15) is 0 Å². The predicted octanol–water partition coefficient (Wildman–Crippen LogP) is 3.99. The molecule has 0 saturated heterocycles. The number of aromatic nitrogens is 1. The van der Waals surface area contributed by atoms with E-state index in [2.05, 4.69) is 10.3 Å². The molecule has 1 heterocycles. The number of halogens is 3. The second-order valence-corrected chi connectivity index (χ2v) is 5.10. The lowest BCUT2D eigenvalue weighted by atomic mass is 10.1. The number of anilines is 1. The fraction of sp³-hybridized carbons (Fsp3) is 0. The second kappa shape index (κ2) is 6.30. The second-order valence-electron chi connectivity index (χ2n) is 3.92. The van der Waals surface area contributed by atoms with E-state index in [4.69, 9.17) is 39.9 Å². The summed E-state index contributed by atoms with van der Waals surface area (Å²) in [4.78, 5) is 27.0. The average molecular weight is 346 g/mol. The van der Waals surface area contributed by atoms with Gasteiger partial charge < -0.3 is 10.4 Å². The lowest BCUT2D eigenvalue weighted by Gasteiger charge is -2.09. The summed E-state index contributed by atoms with van der Waals surface area (Å²) in [5.41, 5.74) is 0.0455. The zero-order chi connectivity index (χ0) is 15.6. The quantitative estimate of drug-likeness (QED) is 0.824. The number of nitrogens with zero attached hydrogens (tertiary/aromatic N) is 1. The van der Waals surface area contributed by atoms with Crippen LogP contribution in [0.15, 0.2) is 30.3 Å². The highest BCUT2D eigenvalue weighted by Crippen LogP contribution is 2.23. The standard InChI is InChI=1S/C13H7Cl3N2O3/c14-6-1-3-9(8(5-6)13(20)21)17-12(19)7-2-4-10(15)18-11(7)16/h1-5H,(H,17,19)(H,20,21). The first kappa shape index (κ1) is 15.6. The molecule has 2 aromatic rings. The van der Waals surface area contributed by atoms with Crippen molar-refractivity contribution >= 4 is 52.4 Å². The maximum absolute atomic E-state index is 12.1. The van der Waals surface area contributed by atoms with Crippen LogP contribution < -0.4 is 5.32 Å². The number of benzene rings is 1. The Morgan fingerprint density at radius 3 is 2.38 bits per heavy atom. The summed E-state index contributed by atoms with van der Waals surface area (Å²) in [7, 11) is 0. The topological polar surface area (TPSA) is 79.3 Å². The van der Waals surface area contributed by atoms with E-state index < -0.39 is 11.9 Å². The van der Waals surface area contributed by atoms with Gasteiger partial charge in [-0.1, -0.05) is 34.8 Å². The molecule has 2 rings (SSSR count). The summed E-state index contributed by atoms with van der Waals surface area (Å²) in [5.74, 6) is -1.82. The van der Waals surface area contributed by atoms with Crippen molar-refractivity contribution in [2.75, 3.05) is 5.32 Å². The van der Waals surface area contributed by atoms with E-state index in [1.807, 2.05) is 0 Å². The Morgan fingerprint density at radius 2 is 1.76 bits per heavy atom. The van der Waals surface area contributed by atoms with E-state index in [9.17, 15) is 9.59 Å². The van der Waals surface area contributed by atoms with Crippen molar-refractivity contribution in [3.05, 3.63) is 56.8 Å². The molecule has 0 bridgehead atoms. The van der Waals surface area contributed by atoms with E-state index in [-0.39, 0.29) is 32.1 Å². The lowest BCUT2D eigenvalue weighted by Crippen LogP contribution is -2.15. The van der Waals surface area contributed by atoms with E-state index in [1.165, 1.54) is 30.3 Å². The molecule has 2 N–H and O–H groups in total. The molecule has 0 atom stereocenters. The molecule has 0 unspecified atom stereocenters. The predicted molar refractivity (Wildman–Crippen MR) is 80.6 cm³/mol. The van der Waals surface area contributed by atoms with Crippen molar-refractivity contribution in [3.8, 4) is 0 Å². The van der Waals surface area contributed by atoms with Crippen LogP contribution in [0.25, 0.3) is 0 Å². The number of carbonyl (C=O) groups is 2. The minimum Gasteiger partial charge on any atom is -0.478 e. The van der Waals surface area contributed by atoms with Gasteiger partial charge in [0, 0.05) is 5.02 Å². The molecular weight excluding hydrogens is 339 g/mol. The molecule has 0 aliphatic rings. The number of nitrogens with one attached hydrogen (secondary N) is 1. The zero-order valence-corrected chi connectivity index (χ0v) is 12.5. The fourth-order valence-electron chi connectivity index (χ4n) is 1.57. The van der Waals surface area contributed by atoms with E-state index in [1.54, 1.807) is 0 Å². The van der Waals surface area contributed by atoms with E-state index >= 15 is 0 Å². The Kier molecular flexibility index (Phi) is 4.67. The van der Waals surface area contributed by atoms with Crippen LogP contribution in [-0.4, -0.2) is 22.0 Å². The van der Waals surface area contributed by atoms with Gasteiger partial charge in [-0.15, -0.1) is 0 Å². The summed E-state index contributed by atoms with van der Waals surface area (Å²) in [6.07, 6.45) is 0. The Balaban J connectivity index is 2.34. The van der Waals surface area contributed by atoms with Gasteiger partial charge in [-0.05, 0) is 30.3 Å². The summed E-state index contributed by atoms with van der Waals surface area (Å²) < 4.78 is 0. The van der Waals surface area contributed by atoms with Crippen LogP contribution >= 0.6 is 34.8 Å². The Bertz CT molecular complexity index is 735. The van der Waals surface area contributed by atoms with Crippen molar-refractivity contribution in [1.82, 2.24) is 4.98 Å². The van der Waals surface area contributed by atoms with Gasteiger partial charge in [0.05, 0.1) is 16.8 Å². The van der Waals surface area contributed by atoms with Crippen molar-refractivity contribution in [1.29, 1.82) is 0 Å². The highest BCUT2D eigenvalue weighted by Gasteiger charge is 2.16. The Hall–Kier alpha value is -1.82. The van der Waals surface area contributed by atoms with E-state index in [0.29, 0.717) is 0 Å². The van der Waals surface area contributed by atoms with Crippen LogP contribution in [0.2, 0.25) is 15.3 Å². The summed E-state index contributed by atoms with van der Waals surface area (Å²) in [6.45, 7) is 0. The van der Waals surface area contributed by atoms with Crippen molar-refractivity contribution in [3.63, 3.8) is 0 Å². The number of rotatable bonds is 3. The third kappa shape index (κ3) is 3.64. The van der Waals surface area contributed by atoms with E-state index in [0.717, 1.165) is 0 Å². The number of carbonyl (C=O) groups excluding carboxylic acids is 1. The minimum absolute atomic E-state index is 0.0763. The van der Waals surface area contributed by atoms with Crippen molar-refractivity contribution < 1.29 is 14.7 Å². The van der Waals surface area contributed by atoms with Gasteiger partial charge in [-0.25, -0.2) is 9.78 Å². The summed E-state index contributed by atoms with van der Waals surface area (Å²) in [6, 6.07) is 6.89. The molecule has 0 fully saturated rings. The number of hydrogen-bond donors (Lipinski definition) is 2. The van der Waals surface area contributed by atoms with Crippen LogP contribution in [0.4, 0.5) is 5.69 Å². The normalized spacial score (nSPS) is 10.2. The molecule has 5 nitrogen and oxygen atoms in total. The summed E-state index contributed by atoms with van der Waals surface area (Å²) >= 11 is 17.2. The molecule has 1 aromatic heterocycles. The first-order chi connectivity index (χ1) is 9.88. The smallest absolute Gasteiger partial charge is 0.337 e. The number of hydrogen-bond acceptors (Lipinski definition) is 3. The highest BCUT2D eigenvalue weighted by molar-refractivity contribution is 6.35. The summed E-state index contributed by atoms with van der Waals surface area (Å²) in [5, 5.41) is 11.9. The van der Waals surface area contributed by atoms with Gasteiger partial charge in [0.25, 0.3) is 5.91 Å². The Morgan fingerprint density at radius 1 is 1.05 bits per heavy atom. The third-order valence-electron chi connectivity index (χ3n) is 2.52. The average Bonchev–Trinajstić information content (AvgIpc) is 2.40. The van der Waals surface area contributed by atoms with Crippen molar-refractivity contribution in [2.45, 2.75) is 0 Å². The molecule has 0 spiro atoms. The van der Waals surface area contributed by atoms with Crippen LogP contribution in [0.1, 0.15) is 20.7 Å². The number of aromatic carboxylic acids is 1. The molecule has 0 saturated carbocycles. The van der Waals surface area contributed by atoms with Crippen LogP contribution in [0, 0.1) is 0 Å². The van der Waals surface area contributed by atoms with Gasteiger partial charge in [0.1, 0.15) is 10.3 Å². The highest BCUT2D eigenvalue weighted by atomic mass is 35.5. The number of amides is 1. The Labute approximate surface area is 134 Å². The van der Waals surface area contributed by atoms with Gasteiger partial charge in [-0.3, -0.25) is 4.79 Å². The van der Waals surface area contributed by atoms with Crippen LogP contribution in [0.5, 0.6) is 0 Å². The molecule has 0 aliphatic heterocycles. The SMILES string of the molecule is O=C(O)c1cc(Cl)ccc1NC(=O)c1ccc(Cl)nc1Cl. The maximum Gasteiger partial charge on any atom is 0.337 e. The largest absolute Gasteiger partial charge is 0.478 e.